The molecule has 0 atom stereocenters. The van der Waals surface area contributed by atoms with Crippen molar-refractivity contribution in [3.8, 4) is 11.5 Å². The van der Waals surface area contributed by atoms with Crippen molar-refractivity contribution in [1.29, 1.82) is 0 Å². The average Bonchev–Trinajstić information content (AvgIpc) is 2.66. The van der Waals surface area contributed by atoms with Crippen LogP contribution in [0, 0.1) is 23.3 Å². The Morgan fingerprint density at radius 2 is 0.889 bits per heavy atom. The number of unbranched alkanes of at least 4 members (excludes halogenated alkanes) is 6. The van der Waals surface area contributed by atoms with Gasteiger partial charge < -0.3 is 9.47 Å². The van der Waals surface area contributed by atoms with Gasteiger partial charge in [-0.25, -0.2) is 8.78 Å². The van der Waals surface area contributed by atoms with Crippen LogP contribution in [0.1, 0.15) is 44.9 Å². The Bertz CT molecular complexity index is 647. The molecule has 0 saturated carbocycles. The molecular formula is C21H24F4O2. The van der Waals surface area contributed by atoms with E-state index in [-0.39, 0.29) is 11.5 Å². The molecule has 0 N–H and O–H groups in total. The first-order valence-corrected chi connectivity index (χ1v) is 9.23. The van der Waals surface area contributed by atoms with Crippen LogP contribution in [0.3, 0.4) is 0 Å². The van der Waals surface area contributed by atoms with Gasteiger partial charge in [-0.2, -0.15) is 8.78 Å². The van der Waals surface area contributed by atoms with Crippen LogP contribution in [0.5, 0.6) is 11.5 Å². The van der Waals surface area contributed by atoms with Gasteiger partial charge in [-0.05, 0) is 37.1 Å². The standard InChI is InChI=1S/C21H24F4O2/c22-16-10-8-12-18(20(16)24)26-14-6-4-2-1-3-5-7-15-27-19-13-9-11-17(23)21(19)25/h8-13H,1-7,14-15H2. The summed E-state index contributed by atoms with van der Waals surface area (Å²) in [7, 11) is 0. The van der Waals surface area contributed by atoms with Gasteiger partial charge in [-0.15, -0.1) is 0 Å². The molecule has 0 saturated heterocycles. The fourth-order valence-electron chi connectivity index (χ4n) is 2.64. The summed E-state index contributed by atoms with van der Waals surface area (Å²) in [6.07, 6.45) is 6.53. The van der Waals surface area contributed by atoms with Crippen molar-refractivity contribution in [2.24, 2.45) is 0 Å². The monoisotopic (exact) mass is 384 g/mol. The van der Waals surface area contributed by atoms with E-state index in [2.05, 4.69) is 0 Å². The Morgan fingerprint density at radius 3 is 1.30 bits per heavy atom. The van der Waals surface area contributed by atoms with E-state index in [9.17, 15) is 17.6 Å². The lowest BCUT2D eigenvalue weighted by atomic mass is 10.1. The van der Waals surface area contributed by atoms with Crippen LogP contribution in [0.15, 0.2) is 36.4 Å². The lowest BCUT2D eigenvalue weighted by Gasteiger charge is -2.08. The molecule has 2 rings (SSSR count). The highest BCUT2D eigenvalue weighted by Gasteiger charge is 2.09. The summed E-state index contributed by atoms with van der Waals surface area (Å²) in [6, 6.07) is 7.77. The van der Waals surface area contributed by atoms with Crippen molar-refractivity contribution in [3.63, 3.8) is 0 Å². The Balaban J connectivity index is 1.45. The smallest absolute Gasteiger partial charge is 0.200 e. The predicted molar refractivity (Wildman–Crippen MR) is 96.0 cm³/mol. The summed E-state index contributed by atoms with van der Waals surface area (Å²) in [6.45, 7) is 0.709. The Hall–Kier alpha value is -2.24. The van der Waals surface area contributed by atoms with Crippen LogP contribution in [0.2, 0.25) is 0 Å². The van der Waals surface area contributed by atoms with E-state index in [0.29, 0.717) is 13.2 Å². The summed E-state index contributed by atoms with van der Waals surface area (Å²) in [4.78, 5) is 0. The minimum Gasteiger partial charge on any atom is -0.490 e. The second-order valence-electron chi connectivity index (χ2n) is 6.28. The molecule has 6 heteroatoms. The topological polar surface area (TPSA) is 18.5 Å². The van der Waals surface area contributed by atoms with E-state index in [1.54, 1.807) is 0 Å². The van der Waals surface area contributed by atoms with E-state index in [1.165, 1.54) is 24.3 Å². The van der Waals surface area contributed by atoms with E-state index < -0.39 is 23.3 Å². The highest BCUT2D eigenvalue weighted by molar-refractivity contribution is 5.25. The molecule has 0 aliphatic heterocycles. The van der Waals surface area contributed by atoms with E-state index in [0.717, 1.165) is 57.1 Å². The summed E-state index contributed by atoms with van der Waals surface area (Å²) >= 11 is 0. The van der Waals surface area contributed by atoms with E-state index in [1.807, 2.05) is 0 Å². The van der Waals surface area contributed by atoms with Gasteiger partial charge in [0.15, 0.2) is 23.1 Å². The summed E-state index contributed by atoms with van der Waals surface area (Å²) in [5.74, 6) is -3.81. The fraction of sp³-hybridized carbons (Fsp3) is 0.429. The Kier molecular flexibility index (Phi) is 8.95. The first-order chi connectivity index (χ1) is 13.1. The van der Waals surface area contributed by atoms with Crippen molar-refractivity contribution in [2.45, 2.75) is 44.9 Å². The molecule has 0 fully saturated rings. The van der Waals surface area contributed by atoms with Crippen LogP contribution >= 0.6 is 0 Å². The average molecular weight is 384 g/mol. The molecule has 148 valence electrons. The number of hydrogen-bond donors (Lipinski definition) is 0. The number of benzene rings is 2. The van der Waals surface area contributed by atoms with Gasteiger partial charge in [0.1, 0.15) is 0 Å². The summed E-state index contributed by atoms with van der Waals surface area (Å²) in [5, 5.41) is 0. The highest BCUT2D eigenvalue weighted by atomic mass is 19.2. The first-order valence-electron chi connectivity index (χ1n) is 9.23. The molecule has 2 nitrogen and oxygen atoms in total. The molecule has 2 aromatic carbocycles. The number of rotatable bonds is 12. The molecule has 27 heavy (non-hydrogen) atoms. The van der Waals surface area contributed by atoms with Gasteiger partial charge in [0.05, 0.1) is 13.2 Å². The molecule has 0 aliphatic rings. The van der Waals surface area contributed by atoms with Crippen molar-refractivity contribution in [1.82, 2.24) is 0 Å². The number of ether oxygens (including phenoxy) is 2. The zero-order chi connectivity index (χ0) is 19.5. The molecular weight excluding hydrogens is 360 g/mol. The van der Waals surface area contributed by atoms with Gasteiger partial charge in [0.2, 0.25) is 11.6 Å². The fourth-order valence-corrected chi connectivity index (χ4v) is 2.64. The Labute approximate surface area is 157 Å². The lowest BCUT2D eigenvalue weighted by Crippen LogP contribution is -2.01. The zero-order valence-corrected chi connectivity index (χ0v) is 15.2. The van der Waals surface area contributed by atoms with Crippen molar-refractivity contribution < 1.29 is 27.0 Å². The summed E-state index contributed by atoms with van der Waals surface area (Å²) < 4.78 is 63.3. The maximum atomic E-state index is 13.4. The van der Waals surface area contributed by atoms with Gasteiger partial charge in [-0.1, -0.05) is 44.2 Å². The van der Waals surface area contributed by atoms with Crippen LogP contribution in [0.4, 0.5) is 17.6 Å². The largest absolute Gasteiger partial charge is 0.490 e. The maximum absolute atomic E-state index is 13.4. The number of halogens is 4. The first kappa shape index (κ1) is 21.1. The van der Waals surface area contributed by atoms with Crippen LogP contribution in [0.25, 0.3) is 0 Å². The van der Waals surface area contributed by atoms with Gasteiger partial charge in [0.25, 0.3) is 0 Å². The molecule has 0 aliphatic carbocycles. The molecule has 0 amide bonds. The highest BCUT2D eigenvalue weighted by Crippen LogP contribution is 2.20. The second-order valence-corrected chi connectivity index (χ2v) is 6.28. The van der Waals surface area contributed by atoms with Crippen LogP contribution < -0.4 is 9.47 Å². The third-order valence-electron chi connectivity index (χ3n) is 4.14. The maximum Gasteiger partial charge on any atom is 0.200 e. The normalized spacial score (nSPS) is 10.8. The minimum atomic E-state index is -0.946. The van der Waals surface area contributed by atoms with Crippen LogP contribution in [-0.4, -0.2) is 13.2 Å². The lowest BCUT2D eigenvalue weighted by molar-refractivity contribution is 0.281. The number of hydrogen-bond acceptors (Lipinski definition) is 2. The zero-order valence-electron chi connectivity index (χ0n) is 15.2. The van der Waals surface area contributed by atoms with Crippen molar-refractivity contribution >= 4 is 0 Å². The SMILES string of the molecule is Fc1cccc(OCCCCCCCCCOc2cccc(F)c2F)c1F. The van der Waals surface area contributed by atoms with Gasteiger partial charge >= 0.3 is 0 Å². The Morgan fingerprint density at radius 1 is 0.519 bits per heavy atom. The second kappa shape index (κ2) is 11.5. The quantitative estimate of drug-likeness (QED) is 0.310. The molecule has 2 aromatic rings. The van der Waals surface area contributed by atoms with Crippen molar-refractivity contribution in [3.05, 3.63) is 59.7 Å². The van der Waals surface area contributed by atoms with E-state index >= 15 is 0 Å². The van der Waals surface area contributed by atoms with Gasteiger partial charge in [0, 0.05) is 0 Å². The third-order valence-corrected chi connectivity index (χ3v) is 4.14. The molecule has 0 heterocycles. The van der Waals surface area contributed by atoms with E-state index in [4.69, 9.17) is 9.47 Å². The third kappa shape index (κ3) is 7.12. The predicted octanol–water partition coefficient (Wildman–Crippen LogP) is 6.43. The molecule has 0 spiro atoms. The van der Waals surface area contributed by atoms with Gasteiger partial charge in [-0.3, -0.25) is 0 Å². The summed E-state index contributed by atoms with van der Waals surface area (Å²) in [5.41, 5.74) is 0. The molecule has 0 unspecified atom stereocenters. The minimum absolute atomic E-state index is 0.0512. The molecule has 0 aromatic heterocycles. The van der Waals surface area contributed by atoms with Crippen molar-refractivity contribution in [2.75, 3.05) is 13.2 Å². The molecule has 0 radical (unpaired) electrons. The van der Waals surface area contributed by atoms with Crippen LogP contribution in [-0.2, 0) is 0 Å². The molecule has 0 bridgehead atoms.